The molecule has 0 fully saturated rings. The first-order valence-corrected chi connectivity index (χ1v) is 9.08. The topological polar surface area (TPSA) is 119 Å². The summed E-state index contributed by atoms with van der Waals surface area (Å²) in [5.41, 5.74) is 5.65. The van der Waals surface area contributed by atoms with Crippen LogP contribution in [-0.4, -0.2) is 33.8 Å². The van der Waals surface area contributed by atoms with Gasteiger partial charge in [0.1, 0.15) is 17.9 Å². The van der Waals surface area contributed by atoms with Crippen LogP contribution in [0.5, 0.6) is 5.75 Å². The Hall–Kier alpha value is -3.62. The van der Waals surface area contributed by atoms with Gasteiger partial charge in [0.2, 0.25) is 5.43 Å². The summed E-state index contributed by atoms with van der Waals surface area (Å²) >= 11 is 0. The van der Waals surface area contributed by atoms with E-state index >= 15 is 4.39 Å². The number of halogens is 1. The average Bonchev–Trinajstić information content (AvgIpc) is 2.71. The molecule has 8 nitrogen and oxygen atoms in total. The zero-order valence-electron chi connectivity index (χ0n) is 15.6. The summed E-state index contributed by atoms with van der Waals surface area (Å²) in [5.74, 6) is -2.06. The van der Waals surface area contributed by atoms with Crippen LogP contribution >= 0.6 is 0 Å². The Morgan fingerprint density at radius 1 is 1.45 bits per heavy atom. The van der Waals surface area contributed by atoms with Crippen molar-refractivity contribution in [2.45, 2.75) is 19.4 Å². The molecule has 0 spiro atoms. The Morgan fingerprint density at radius 3 is 2.86 bits per heavy atom. The number of pyridine rings is 2. The number of nitrogens with two attached hydrogens (primary N) is 1. The number of nitrogens with zero attached hydrogens (tertiary/aromatic N) is 2. The fraction of sp³-hybridized carbons (Fsp3) is 0.250. The van der Waals surface area contributed by atoms with E-state index in [2.05, 4.69) is 10.3 Å². The van der Waals surface area contributed by atoms with Crippen LogP contribution in [0.1, 0.15) is 28.9 Å². The minimum atomic E-state index is -1.39. The maximum atomic E-state index is 15.1. The highest BCUT2D eigenvalue weighted by atomic mass is 19.1. The Labute approximate surface area is 164 Å². The molecule has 1 aliphatic heterocycles. The summed E-state index contributed by atoms with van der Waals surface area (Å²) in [7, 11) is 0. The highest BCUT2D eigenvalue weighted by Crippen LogP contribution is 2.43. The lowest BCUT2D eigenvalue weighted by molar-refractivity contribution is 0.0694. The number of carbonyl (C=O) groups is 1. The second-order valence-electron chi connectivity index (χ2n) is 6.93. The maximum absolute atomic E-state index is 15.1. The summed E-state index contributed by atoms with van der Waals surface area (Å²) in [4.78, 5) is 28.1. The number of aromatic nitrogens is 2. The fourth-order valence-corrected chi connectivity index (χ4v) is 3.54. The second-order valence-corrected chi connectivity index (χ2v) is 6.93. The fourth-order valence-electron chi connectivity index (χ4n) is 3.54. The van der Waals surface area contributed by atoms with E-state index in [4.69, 9.17) is 10.5 Å². The van der Waals surface area contributed by atoms with Gasteiger partial charge in [0, 0.05) is 25.1 Å². The standard InChI is InChI=1S/C20H19FN4O4/c1-10-9-29-19-16(24-7-4-11-2-5-23-6-3-11)14(21)15(22)13-17(19)25(10)8-12(18(13)26)20(27)28/h2-3,5-6,8,10,24H,4,7,9,22H2,1H3,(H,27,28)/t10-/m0/s1. The highest BCUT2D eigenvalue weighted by Gasteiger charge is 2.30. The molecule has 0 saturated carbocycles. The molecule has 2 aromatic heterocycles. The van der Waals surface area contributed by atoms with Gasteiger partial charge in [0.25, 0.3) is 0 Å². The van der Waals surface area contributed by atoms with E-state index in [0.717, 1.165) is 5.56 Å². The first kappa shape index (κ1) is 18.7. The average molecular weight is 398 g/mol. The summed E-state index contributed by atoms with van der Waals surface area (Å²) < 4.78 is 22.5. The van der Waals surface area contributed by atoms with E-state index < -0.39 is 28.5 Å². The van der Waals surface area contributed by atoms with Crippen LogP contribution in [0.25, 0.3) is 10.9 Å². The molecule has 1 aliphatic rings. The van der Waals surface area contributed by atoms with E-state index in [0.29, 0.717) is 18.5 Å². The second kappa shape index (κ2) is 7.08. The third kappa shape index (κ3) is 3.04. The van der Waals surface area contributed by atoms with E-state index in [1.54, 1.807) is 17.0 Å². The summed E-state index contributed by atoms with van der Waals surface area (Å²) in [6, 6.07) is 3.47. The summed E-state index contributed by atoms with van der Waals surface area (Å²) in [6.07, 6.45) is 5.23. The van der Waals surface area contributed by atoms with Crippen molar-refractivity contribution in [3.63, 3.8) is 0 Å². The van der Waals surface area contributed by atoms with E-state index in [1.807, 2.05) is 19.1 Å². The lowest BCUT2D eigenvalue weighted by atomic mass is 10.0. The van der Waals surface area contributed by atoms with Crippen molar-refractivity contribution in [3.8, 4) is 5.75 Å². The number of carboxylic acids is 1. The molecule has 0 radical (unpaired) electrons. The van der Waals surface area contributed by atoms with Gasteiger partial charge in [-0.3, -0.25) is 9.78 Å². The van der Waals surface area contributed by atoms with Gasteiger partial charge in [0.15, 0.2) is 11.6 Å². The lowest BCUT2D eigenvalue weighted by Gasteiger charge is -2.29. The number of carboxylic acid groups (broad SMARTS) is 1. The first-order valence-electron chi connectivity index (χ1n) is 9.08. The molecule has 9 heteroatoms. The minimum absolute atomic E-state index is 0.0622. The molecule has 0 bridgehead atoms. The number of nitrogens with one attached hydrogen (secondary N) is 1. The number of nitrogen functional groups attached to an aromatic ring is 1. The number of aromatic carboxylic acids is 1. The molecule has 3 aromatic rings. The molecule has 4 rings (SSSR count). The normalized spacial score (nSPS) is 15.2. The number of hydrogen-bond acceptors (Lipinski definition) is 6. The van der Waals surface area contributed by atoms with Crippen LogP contribution in [0, 0.1) is 5.82 Å². The van der Waals surface area contributed by atoms with Crippen molar-refractivity contribution in [1.29, 1.82) is 0 Å². The molecule has 0 aliphatic carbocycles. The van der Waals surface area contributed by atoms with Crippen molar-refractivity contribution in [2.24, 2.45) is 0 Å². The van der Waals surface area contributed by atoms with Crippen LogP contribution in [0.2, 0.25) is 0 Å². The molecule has 150 valence electrons. The molecule has 0 saturated heterocycles. The van der Waals surface area contributed by atoms with E-state index in [-0.39, 0.29) is 29.5 Å². The predicted molar refractivity (Wildman–Crippen MR) is 106 cm³/mol. The molecule has 0 amide bonds. The number of benzene rings is 1. The monoisotopic (exact) mass is 398 g/mol. The third-order valence-electron chi connectivity index (χ3n) is 5.04. The Bertz CT molecular complexity index is 1180. The Morgan fingerprint density at radius 2 is 2.17 bits per heavy atom. The minimum Gasteiger partial charge on any atom is -0.487 e. The summed E-state index contributed by atoms with van der Waals surface area (Å²) in [6.45, 7) is 2.41. The number of anilines is 2. The molecule has 1 aromatic carbocycles. The van der Waals surface area contributed by atoms with Crippen LogP contribution < -0.4 is 21.2 Å². The lowest BCUT2D eigenvalue weighted by Crippen LogP contribution is -2.28. The van der Waals surface area contributed by atoms with Gasteiger partial charge in [0.05, 0.1) is 22.6 Å². The van der Waals surface area contributed by atoms with Crippen LogP contribution in [-0.2, 0) is 6.42 Å². The van der Waals surface area contributed by atoms with Crippen molar-refractivity contribution >= 4 is 28.2 Å². The molecule has 1 atom stereocenters. The molecule has 3 heterocycles. The van der Waals surface area contributed by atoms with Crippen molar-refractivity contribution in [1.82, 2.24) is 9.55 Å². The highest BCUT2D eigenvalue weighted by molar-refractivity contribution is 6.03. The molecule has 29 heavy (non-hydrogen) atoms. The quantitative estimate of drug-likeness (QED) is 0.565. The molecular formula is C20H19FN4O4. The van der Waals surface area contributed by atoms with Gasteiger partial charge in [-0.25, -0.2) is 9.18 Å². The molecule has 0 unspecified atom stereocenters. The SMILES string of the molecule is C[C@H]1COc2c(NCCc3ccncc3)c(F)c(N)c3c(=O)c(C(=O)O)cn1c23. The number of rotatable bonds is 5. The summed E-state index contributed by atoms with van der Waals surface area (Å²) in [5, 5.41) is 12.2. The van der Waals surface area contributed by atoms with Gasteiger partial charge >= 0.3 is 5.97 Å². The van der Waals surface area contributed by atoms with Crippen molar-refractivity contribution < 1.29 is 19.0 Å². The largest absolute Gasteiger partial charge is 0.487 e. The zero-order chi connectivity index (χ0) is 20.7. The maximum Gasteiger partial charge on any atom is 0.341 e. The van der Waals surface area contributed by atoms with E-state index in [1.165, 1.54) is 6.20 Å². The van der Waals surface area contributed by atoms with Crippen LogP contribution in [0.3, 0.4) is 0 Å². The van der Waals surface area contributed by atoms with Crippen LogP contribution in [0.4, 0.5) is 15.8 Å². The van der Waals surface area contributed by atoms with Crippen molar-refractivity contribution in [3.05, 3.63) is 57.9 Å². The van der Waals surface area contributed by atoms with E-state index in [9.17, 15) is 14.7 Å². The Balaban J connectivity index is 1.85. The van der Waals surface area contributed by atoms with Gasteiger partial charge < -0.3 is 25.5 Å². The number of hydrogen-bond donors (Lipinski definition) is 3. The van der Waals surface area contributed by atoms with Crippen LogP contribution in [0.15, 0.2) is 35.5 Å². The number of ether oxygens (including phenoxy) is 1. The zero-order valence-corrected chi connectivity index (χ0v) is 15.6. The van der Waals surface area contributed by atoms with Gasteiger partial charge in [-0.1, -0.05) is 0 Å². The third-order valence-corrected chi connectivity index (χ3v) is 5.04. The van der Waals surface area contributed by atoms with Gasteiger partial charge in [-0.05, 0) is 31.0 Å². The molecule has 4 N–H and O–H groups in total. The smallest absolute Gasteiger partial charge is 0.341 e. The van der Waals surface area contributed by atoms with Gasteiger partial charge in [-0.15, -0.1) is 0 Å². The van der Waals surface area contributed by atoms with Gasteiger partial charge in [-0.2, -0.15) is 0 Å². The van der Waals surface area contributed by atoms with Crippen molar-refractivity contribution in [2.75, 3.05) is 24.2 Å². The first-order chi connectivity index (χ1) is 13.9. The predicted octanol–water partition coefficient (Wildman–Crippen LogP) is 2.42. The molecular weight excluding hydrogens is 379 g/mol. The Kier molecular flexibility index (Phi) is 4.57.